The number of hydrogen-bond acceptors (Lipinski definition) is 4. The molecule has 1 aromatic carbocycles. The van der Waals surface area contributed by atoms with E-state index >= 15 is 0 Å². The van der Waals surface area contributed by atoms with Gasteiger partial charge >= 0.3 is 5.88 Å². The highest BCUT2D eigenvalue weighted by atomic mass is 16.7. The van der Waals surface area contributed by atoms with Crippen LogP contribution in [0.3, 0.4) is 0 Å². The van der Waals surface area contributed by atoms with Crippen LogP contribution in [-0.2, 0) is 4.74 Å². The number of hydrogen-bond donors (Lipinski definition) is 0. The second-order valence-corrected chi connectivity index (χ2v) is 4.54. The van der Waals surface area contributed by atoms with Crippen molar-refractivity contribution in [1.82, 2.24) is 0 Å². The van der Waals surface area contributed by atoms with Crippen LogP contribution >= 0.6 is 0 Å². The van der Waals surface area contributed by atoms with Gasteiger partial charge in [0.2, 0.25) is 0 Å². The highest BCUT2D eigenvalue weighted by Gasteiger charge is 2.22. The average molecular weight is 263 g/mol. The second kappa shape index (κ2) is 6.22. The predicted octanol–water partition coefficient (Wildman–Crippen LogP) is 3.23. The molecule has 5 nitrogen and oxygen atoms in total. The van der Waals surface area contributed by atoms with Crippen molar-refractivity contribution in [3.63, 3.8) is 0 Å². The van der Waals surface area contributed by atoms with E-state index in [9.17, 15) is 10.1 Å². The van der Waals surface area contributed by atoms with E-state index in [-0.39, 0.29) is 12.0 Å². The van der Waals surface area contributed by atoms with Crippen LogP contribution in [0.2, 0.25) is 0 Å². The Morgan fingerprint density at radius 1 is 1.32 bits per heavy atom. The number of ether oxygens (including phenoxy) is 2. The molecule has 1 saturated carbocycles. The maximum absolute atomic E-state index is 11.0. The topological polar surface area (TPSA) is 61.6 Å². The Kier molecular flexibility index (Phi) is 4.39. The summed E-state index contributed by atoms with van der Waals surface area (Å²) in [6.45, 7) is 0. The van der Waals surface area contributed by atoms with Crippen molar-refractivity contribution in [2.75, 3.05) is 7.11 Å². The molecule has 0 bridgehead atoms. The number of benzene rings is 1. The number of nitro groups is 1. The van der Waals surface area contributed by atoms with Gasteiger partial charge in [0.1, 0.15) is 16.8 Å². The lowest BCUT2D eigenvalue weighted by Gasteiger charge is -2.09. The first-order valence-electron chi connectivity index (χ1n) is 6.36. The quantitative estimate of drug-likeness (QED) is 0.465. The number of rotatable bonds is 5. The van der Waals surface area contributed by atoms with Crippen molar-refractivity contribution in [3.8, 4) is 5.75 Å². The second-order valence-electron chi connectivity index (χ2n) is 4.54. The van der Waals surface area contributed by atoms with E-state index in [0.717, 1.165) is 37.0 Å². The standard InChI is InChI=1S/C14H17NO4/c1-18-12-8-6-11(7-9-12)10-14(15(16)17)19-13-4-2-3-5-13/h6-10,13H,2-5H2,1H3. The van der Waals surface area contributed by atoms with Gasteiger partial charge in [0.25, 0.3) is 0 Å². The fourth-order valence-corrected chi connectivity index (χ4v) is 2.15. The van der Waals surface area contributed by atoms with Crippen molar-refractivity contribution >= 4 is 6.08 Å². The summed E-state index contributed by atoms with van der Waals surface area (Å²) in [5, 5.41) is 11.0. The van der Waals surface area contributed by atoms with Crippen LogP contribution in [0.25, 0.3) is 6.08 Å². The zero-order valence-electron chi connectivity index (χ0n) is 10.9. The molecule has 0 aromatic heterocycles. The molecule has 0 radical (unpaired) electrons. The van der Waals surface area contributed by atoms with Crippen molar-refractivity contribution < 1.29 is 14.4 Å². The molecule has 0 saturated heterocycles. The van der Waals surface area contributed by atoms with Crippen molar-refractivity contribution in [2.45, 2.75) is 31.8 Å². The minimum Gasteiger partial charge on any atom is -0.497 e. The van der Waals surface area contributed by atoms with Gasteiger partial charge in [0.05, 0.1) is 13.2 Å². The summed E-state index contributed by atoms with van der Waals surface area (Å²) in [7, 11) is 1.58. The van der Waals surface area contributed by atoms with Gasteiger partial charge in [-0.25, -0.2) is 0 Å². The largest absolute Gasteiger partial charge is 0.497 e. The van der Waals surface area contributed by atoms with Crippen molar-refractivity contribution in [1.29, 1.82) is 0 Å². The molecule has 0 N–H and O–H groups in total. The van der Waals surface area contributed by atoms with Crippen molar-refractivity contribution in [2.24, 2.45) is 0 Å². The summed E-state index contributed by atoms with van der Waals surface area (Å²) in [4.78, 5) is 10.5. The summed E-state index contributed by atoms with van der Waals surface area (Å²) >= 11 is 0. The molecule has 5 heteroatoms. The van der Waals surface area contributed by atoms with Gasteiger partial charge in [-0.05, 0) is 43.4 Å². The predicted molar refractivity (Wildman–Crippen MR) is 71.3 cm³/mol. The Morgan fingerprint density at radius 2 is 1.95 bits per heavy atom. The van der Waals surface area contributed by atoms with E-state index in [1.165, 1.54) is 6.08 Å². The zero-order valence-corrected chi connectivity index (χ0v) is 10.9. The molecule has 0 amide bonds. The van der Waals surface area contributed by atoms with E-state index in [1.807, 2.05) is 0 Å². The number of nitrogens with zero attached hydrogens (tertiary/aromatic N) is 1. The molecule has 2 rings (SSSR count). The average Bonchev–Trinajstić information content (AvgIpc) is 2.91. The van der Waals surface area contributed by atoms with Gasteiger partial charge in [-0.15, -0.1) is 0 Å². The van der Waals surface area contributed by atoms with Crippen LogP contribution in [0.1, 0.15) is 31.2 Å². The maximum atomic E-state index is 11.0. The molecular weight excluding hydrogens is 246 g/mol. The first kappa shape index (κ1) is 13.4. The Morgan fingerprint density at radius 3 is 2.47 bits per heavy atom. The van der Waals surface area contributed by atoms with Crippen LogP contribution in [-0.4, -0.2) is 18.1 Å². The minimum absolute atomic E-state index is 0.0186. The highest BCUT2D eigenvalue weighted by Crippen LogP contribution is 2.24. The van der Waals surface area contributed by atoms with Crippen LogP contribution in [0.5, 0.6) is 5.75 Å². The SMILES string of the molecule is COc1ccc(C=C(OC2CCCC2)[N+](=O)[O-])cc1. The highest BCUT2D eigenvalue weighted by molar-refractivity contribution is 5.51. The van der Waals surface area contributed by atoms with Gasteiger partial charge in [-0.3, -0.25) is 10.1 Å². The molecule has 0 spiro atoms. The first-order valence-corrected chi connectivity index (χ1v) is 6.36. The van der Waals surface area contributed by atoms with E-state index in [0.29, 0.717) is 0 Å². The molecule has 0 atom stereocenters. The summed E-state index contributed by atoms with van der Waals surface area (Å²) in [6, 6.07) is 7.05. The third-order valence-corrected chi connectivity index (χ3v) is 3.18. The Labute approximate surface area is 112 Å². The van der Waals surface area contributed by atoms with E-state index in [1.54, 1.807) is 31.4 Å². The number of methoxy groups -OCH3 is 1. The monoisotopic (exact) mass is 263 g/mol. The van der Waals surface area contributed by atoms with E-state index in [4.69, 9.17) is 9.47 Å². The van der Waals surface area contributed by atoms with Crippen LogP contribution in [0.4, 0.5) is 0 Å². The van der Waals surface area contributed by atoms with Gasteiger partial charge in [-0.2, -0.15) is 0 Å². The van der Waals surface area contributed by atoms with E-state index in [2.05, 4.69) is 0 Å². The van der Waals surface area contributed by atoms with Crippen LogP contribution in [0, 0.1) is 10.1 Å². The van der Waals surface area contributed by atoms with Gasteiger partial charge in [0.15, 0.2) is 0 Å². The Balaban J connectivity index is 2.11. The third-order valence-electron chi connectivity index (χ3n) is 3.18. The summed E-state index contributed by atoms with van der Waals surface area (Å²) in [5.41, 5.74) is 0.727. The lowest BCUT2D eigenvalue weighted by Crippen LogP contribution is -2.12. The van der Waals surface area contributed by atoms with Crippen LogP contribution in [0.15, 0.2) is 30.1 Å². The van der Waals surface area contributed by atoms with Crippen molar-refractivity contribution in [3.05, 3.63) is 45.8 Å². The lowest BCUT2D eigenvalue weighted by atomic mass is 10.2. The fraction of sp³-hybridized carbons (Fsp3) is 0.429. The molecule has 0 aliphatic heterocycles. The maximum Gasteiger partial charge on any atom is 0.428 e. The van der Waals surface area contributed by atoms with Crippen LogP contribution < -0.4 is 4.74 Å². The zero-order chi connectivity index (χ0) is 13.7. The molecule has 102 valence electrons. The molecule has 0 heterocycles. The molecule has 1 aliphatic rings. The Hall–Kier alpha value is -2.04. The van der Waals surface area contributed by atoms with Gasteiger partial charge in [-0.1, -0.05) is 12.1 Å². The normalized spacial score (nSPS) is 16.4. The summed E-state index contributed by atoms with van der Waals surface area (Å²) in [6.07, 6.45) is 5.39. The summed E-state index contributed by atoms with van der Waals surface area (Å²) < 4.78 is 10.5. The molecule has 1 aliphatic carbocycles. The molecule has 0 unspecified atom stereocenters. The molecule has 19 heavy (non-hydrogen) atoms. The Bertz CT molecular complexity index is 461. The summed E-state index contributed by atoms with van der Waals surface area (Å²) in [5.74, 6) is 0.536. The molecular formula is C14H17NO4. The third kappa shape index (κ3) is 3.71. The molecule has 1 aromatic rings. The molecule has 1 fully saturated rings. The first-order chi connectivity index (χ1) is 9.19. The van der Waals surface area contributed by atoms with Gasteiger partial charge < -0.3 is 9.47 Å². The smallest absolute Gasteiger partial charge is 0.428 e. The fourth-order valence-electron chi connectivity index (χ4n) is 2.15. The van der Waals surface area contributed by atoms with Gasteiger partial charge in [0, 0.05) is 0 Å². The minimum atomic E-state index is -0.470. The lowest BCUT2D eigenvalue weighted by molar-refractivity contribution is -0.465. The van der Waals surface area contributed by atoms with E-state index < -0.39 is 4.92 Å².